The molecule has 0 radical (unpaired) electrons. The molecule has 88 valence electrons. The number of nitrogens with zero attached hydrogens (tertiary/aromatic N) is 1. The van der Waals surface area contributed by atoms with E-state index < -0.39 is 0 Å². The van der Waals surface area contributed by atoms with Crippen LogP contribution in [0.4, 0.5) is 5.69 Å². The maximum atomic E-state index is 9.93. The highest BCUT2D eigenvalue weighted by Gasteiger charge is 2.06. The molecule has 16 heavy (non-hydrogen) atoms. The molecule has 1 heterocycles. The lowest BCUT2D eigenvalue weighted by molar-refractivity contribution is -0.117. The second kappa shape index (κ2) is 6.00. The van der Waals surface area contributed by atoms with E-state index >= 15 is 0 Å². The summed E-state index contributed by atoms with van der Waals surface area (Å²) in [4.78, 5) is 11.7. The highest BCUT2D eigenvalue weighted by Crippen LogP contribution is 2.22. The van der Waals surface area contributed by atoms with Crippen molar-refractivity contribution in [1.82, 2.24) is 4.90 Å². The number of carbonyl (C=O) groups is 1. The Morgan fingerprint density at radius 3 is 2.38 bits per heavy atom. The summed E-state index contributed by atoms with van der Waals surface area (Å²) >= 11 is 0. The van der Waals surface area contributed by atoms with E-state index in [1.54, 1.807) is 11.0 Å². The highest BCUT2D eigenvalue weighted by atomic mass is 16.3. The zero-order valence-corrected chi connectivity index (χ0v) is 9.52. The molecule has 1 aliphatic heterocycles. The first kappa shape index (κ1) is 12.4. The van der Waals surface area contributed by atoms with Crippen LogP contribution in [0, 0.1) is 6.92 Å². The molecule has 4 nitrogen and oxygen atoms in total. The lowest BCUT2D eigenvalue weighted by Crippen LogP contribution is -2.15. The molecule has 0 aliphatic carbocycles. The number of hydrogen-bond acceptors (Lipinski definition) is 3. The van der Waals surface area contributed by atoms with Gasteiger partial charge in [0.25, 0.3) is 0 Å². The van der Waals surface area contributed by atoms with Crippen LogP contribution in [0.15, 0.2) is 18.2 Å². The van der Waals surface area contributed by atoms with E-state index in [2.05, 4.69) is 0 Å². The number of nitrogen functional groups attached to an aromatic ring is 1. The summed E-state index contributed by atoms with van der Waals surface area (Å²) < 4.78 is 0. The standard InChI is InChI=1S/C7H9NO.C5H9NO/c1-5-3-2-4-6(8)7(5)9;7-5-6-3-1-2-4-6/h2-4,9H,8H2,1H3;5H,1-4H2. The molecular weight excluding hydrogens is 204 g/mol. The van der Waals surface area contributed by atoms with Crippen LogP contribution in [0.3, 0.4) is 0 Å². The van der Waals surface area contributed by atoms with Gasteiger partial charge in [-0.05, 0) is 31.4 Å². The van der Waals surface area contributed by atoms with E-state index in [0.29, 0.717) is 5.69 Å². The van der Waals surface area contributed by atoms with Crippen LogP contribution in [0.1, 0.15) is 18.4 Å². The van der Waals surface area contributed by atoms with Crippen molar-refractivity contribution in [2.45, 2.75) is 19.8 Å². The van der Waals surface area contributed by atoms with Crippen LogP contribution < -0.4 is 5.73 Å². The summed E-state index contributed by atoms with van der Waals surface area (Å²) in [5.74, 6) is 0.192. The maximum absolute atomic E-state index is 9.93. The van der Waals surface area contributed by atoms with Crippen molar-refractivity contribution in [2.24, 2.45) is 0 Å². The molecule has 1 aromatic rings. The van der Waals surface area contributed by atoms with E-state index in [1.807, 2.05) is 19.1 Å². The van der Waals surface area contributed by atoms with E-state index in [-0.39, 0.29) is 5.75 Å². The van der Waals surface area contributed by atoms with E-state index in [4.69, 9.17) is 10.8 Å². The molecule has 0 unspecified atom stereocenters. The van der Waals surface area contributed by atoms with Crippen LogP contribution >= 0.6 is 0 Å². The number of amides is 1. The van der Waals surface area contributed by atoms with Crippen molar-refractivity contribution in [3.05, 3.63) is 23.8 Å². The number of phenolic OH excluding ortho intramolecular Hbond substituents is 1. The molecule has 0 saturated carbocycles. The summed E-state index contributed by atoms with van der Waals surface area (Å²) in [6.07, 6.45) is 3.31. The molecule has 1 aromatic carbocycles. The monoisotopic (exact) mass is 222 g/mol. The third-order valence-corrected chi connectivity index (χ3v) is 2.56. The molecule has 0 spiro atoms. The number of aromatic hydroxyl groups is 1. The SMILES string of the molecule is Cc1cccc(N)c1O.O=CN1CCCC1. The van der Waals surface area contributed by atoms with Crippen LogP contribution in [-0.4, -0.2) is 29.5 Å². The predicted octanol–water partition coefficient (Wildman–Crippen LogP) is 1.52. The van der Waals surface area contributed by atoms with Gasteiger partial charge >= 0.3 is 0 Å². The lowest BCUT2D eigenvalue weighted by atomic mass is 10.2. The summed E-state index contributed by atoms with van der Waals surface area (Å²) in [5, 5.41) is 9.08. The fourth-order valence-corrected chi connectivity index (χ4v) is 1.53. The first-order valence-electron chi connectivity index (χ1n) is 5.38. The number of hydrogen-bond donors (Lipinski definition) is 2. The molecule has 0 aromatic heterocycles. The average molecular weight is 222 g/mol. The minimum Gasteiger partial charge on any atom is -0.506 e. The molecule has 4 heteroatoms. The first-order valence-corrected chi connectivity index (χ1v) is 5.38. The Kier molecular flexibility index (Phi) is 4.64. The summed E-state index contributed by atoms with van der Waals surface area (Å²) in [6.45, 7) is 3.76. The number of likely N-dealkylation sites (tertiary alicyclic amines) is 1. The molecule has 1 aliphatic rings. The van der Waals surface area contributed by atoms with Gasteiger partial charge in [-0.25, -0.2) is 0 Å². The van der Waals surface area contributed by atoms with Crippen molar-refractivity contribution in [3.63, 3.8) is 0 Å². The van der Waals surface area contributed by atoms with Gasteiger partial charge in [-0.3, -0.25) is 4.79 Å². The van der Waals surface area contributed by atoms with Crippen LogP contribution in [0.25, 0.3) is 0 Å². The van der Waals surface area contributed by atoms with Gasteiger partial charge in [-0.2, -0.15) is 0 Å². The van der Waals surface area contributed by atoms with Crippen LogP contribution in [-0.2, 0) is 4.79 Å². The molecule has 0 atom stereocenters. The number of aryl methyl sites for hydroxylation is 1. The van der Waals surface area contributed by atoms with E-state index in [0.717, 1.165) is 25.1 Å². The second-order valence-corrected chi connectivity index (χ2v) is 3.86. The van der Waals surface area contributed by atoms with Crippen molar-refractivity contribution < 1.29 is 9.90 Å². The molecule has 1 fully saturated rings. The normalized spacial score (nSPS) is 14.2. The van der Waals surface area contributed by atoms with Crippen LogP contribution in [0.2, 0.25) is 0 Å². The third-order valence-electron chi connectivity index (χ3n) is 2.56. The number of rotatable bonds is 1. The molecule has 2 rings (SSSR count). The number of benzene rings is 1. The average Bonchev–Trinajstić information content (AvgIpc) is 2.79. The van der Waals surface area contributed by atoms with Crippen molar-refractivity contribution in [1.29, 1.82) is 0 Å². The third kappa shape index (κ3) is 3.46. The molecule has 3 N–H and O–H groups in total. The van der Waals surface area contributed by atoms with Crippen molar-refractivity contribution in [2.75, 3.05) is 18.8 Å². The van der Waals surface area contributed by atoms with Gasteiger partial charge < -0.3 is 15.7 Å². The zero-order valence-electron chi connectivity index (χ0n) is 9.52. The minimum atomic E-state index is 0.192. The molecule has 1 amide bonds. The predicted molar refractivity (Wildman–Crippen MR) is 64.1 cm³/mol. The van der Waals surface area contributed by atoms with Crippen molar-refractivity contribution in [3.8, 4) is 5.75 Å². The van der Waals surface area contributed by atoms with Gasteiger partial charge in [0.2, 0.25) is 6.41 Å². The lowest BCUT2D eigenvalue weighted by Gasteiger charge is -2.03. The number of carbonyl (C=O) groups excluding carboxylic acids is 1. The molecule has 1 saturated heterocycles. The summed E-state index contributed by atoms with van der Waals surface area (Å²) in [5.41, 5.74) is 6.63. The van der Waals surface area contributed by atoms with Gasteiger partial charge in [-0.15, -0.1) is 0 Å². The highest BCUT2D eigenvalue weighted by molar-refractivity contribution is 5.55. The quantitative estimate of drug-likeness (QED) is 0.430. The fourth-order valence-electron chi connectivity index (χ4n) is 1.53. The van der Waals surface area contributed by atoms with Crippen LogP contribution in [0.5, 0.6) is 5.75 Å². The largest absolute Gasteiger partial charge is 0.506 e. The number of para-hydroxylation sites is 1. The Balaban J connectivity index is 0.000000165. The zero-order chi connectivity index (χ0) is 12.0. The smallest absolute Gasteiger partial charge is 0.209 e. The molecule has 0 bridgehead atoms. The Labute approximate surface area is 95.7 Å². The number of nitrogens with two attached hydrogens (primary N) is 1. The van der Waals surface area contributed by atoms with Gasteiger partial charge in [0, 0.05) is 13.1 Å². The Hall–Kier alpha value is -1.71. The summed E-state index contributed by atoms with van der Waals surface area (Å²) in [6, 6.07) is 5.29. The van der Waals surface area contributed by atoms with E-state index in [1.165, 1.54) is 12.8 Å². The Morgan fingerprint density at radius 1 is 1.38 bits per heavy atom. The topological polar surface area (TPSA) is 66.6 Å². The van der Waals surface area contributed by atoms with E-state index in [9.17, 15) is 4.79 Å². The van der Waals surface area contributed by atoms with Gasteiger partial charge in [0.1, 0.15) is 5.75 Å². The van der Waals surface area contributed by atoms with Crippen molar-refractivity contribution >= 4 is 12.1 Å². The minimum absolute atomic E-state index is 0.192. The second-order valence-electron chi connectivity index (χ2n) is 3.86. The molecular formula is C12H18N2O2. The van der Waals surface area contributed by atoms with Gasteiger partial charge in [0.15, 0.2) is 0 Å². The fraction of sp³-hybridized carbons (Fsp3) is 0.417. The maximum Gasteiger partial charge on any atom is 0.209 e. The first-order chi connectivity index (χ1) is 7.65. The Morgan fingerprint density at radius 2 is 2.00 bits per heavy atom. The van der Waals surface area contributed by atoms with Gasteiger partial charge in [-0.1, -0.05) is 12.1 Å². The number of phenols is 1. The summed E-state index contributed by atoms with van der Waals surface area (Å²) in [7, 11) is 0. The Bertz CT molecular complexity index is 327. The number of anilines is 1. The van der Waals surface area contributed by atoms with Gasteiger partial charge in [0.05, 0.1) is 5.69 Å².